The maximum Gasteiger partial charge on any atom is 0.167 e. The normalized spacial score (nSPS) is 10.4. The first-order chi connectivity index (χ1) is 8.56. The van der Waals surface area contributed by atoms with Crippen LogP contribution in [0.25, 0.3) is 0 Å². The first kappa shape index (κ1) is 13.8. The van der Waals surface area contributed by atoms with Gasteiger partial charge in [-0.3, -0.25) is 4.79 Å². The fourth-order valence-corrected chi connectivity index (χ4v) is 2.92. The van der Waals surface area contributed by atoms with Gasteiger partial charge >= 0.3 is 0 Å². The highest BCUT2D eigenvalue weighted by Crippen LogP contribution is 2.22. The molecule has 0 bridgehead atoms. The van der Waals surface area contributed by atoms with Crippen LogP contribution < -0.4 is 0 Å². The van der Waals surface area contributed by atoms with Gasteiger partial charge in [0.2, 0.25) is 0 Å². The Labute approximate surface area is 127 Å². The van der Waals surface area contributed by atoms with Crippen molar-refractivity contribution in [2.24, 2.45) is 0 Å². The minimum absolute atomic E-state index is 0.0464. The number of benzene rings is 2. The van der Waals surface area contributed by atoms with E-state index in [2.05, 4.69) is 31.9 Å². The fourth-order valence-electron chi connectivity index (χ4n) is 1.63. The van der Waals surface area contributed by atoms with Gasteiger partial charge in [0.1, 0.15) is 0 Å². The van der Waals surface area contributed by atoms with Crippen LogP contribution in [0.3, 0.4) is 0 Å². The summed E-state index contributed by atoms with van der Waals surface area (Å²) in [4.78, 5) is 12.2. The summed E-state index contributed by atoms with van der Waals surface area (Å²) >= 11 is 12.7. The summed E-state index contributed by atoms with van der Waals surface area (Å²) in [5.41, 5.74) is 1.59. The summed E-state index contributed by atoms with van der Waals surface area (Å²) in [6.07, 6.45) is 0.355. The van der Waals surface area contributed by atoms with Crippen molar-refractivity contribution < 1.29 is 4.79 Å². The molecular formula is C14H9Br2ClO. The van der Waals surface area contributed by atoms with E-state index in [0.29, 0.717) is 17.0 Å². The summed E-state index contributed by atoms with van der Waals surface area (Å²) in [5, 5.41) is 0.555. The molecule has 0 saturated carbocycles. The molecule has 0 aromatic heterocycles. The second-order valence-corrected chi connectivity index (χ2v) is 6.06. The first-order valence-electron chi connectivity index (χ1n) is 5.29. The van der Waals surface area contributed by atoms with E-state index in [1.54, 1.807) is 18.2 Å². The van der Waals surface area contributed by atoms with Gasteiger partial charge in [-0.05, 0) is 29.8 Å². The van der Waals surface area contributed by atoms with E-state index in [1.807, 2.05) is 24.3 Å². The maximum absolute atomic E-state index is 12.2. The SMILES string of the molecule is O=C(Cc1ccccc1Br)c1cc(Cl)cc(Br)c1. The van der Waals surface area contributed by atoms with Gasteiger partial charge in [0.05, 0.1) is 0 Å². The molecule has 18 heavy (non-hydrogen) atoms. The Morgan fingerprint density at radius 2 is 1.83 bits per heavy atom. The van der Waals surface area contributed by atoms with Crippen LogP contribution in [-0.4, -0.2) is 5.78 Å². The smallest absolute Gasteiger partial charge is 0.167 e. The Morgan fingerprint density at radius 3 is 2.50 bits per heavy atom. The van der Waals surface area contributed by atoms with Crippen LogP contribution in [-0.2, 0) is 6.42 Å². The van der Waals surface area contributed by atoms with Crippen molar-refractivity contribution in [3.63, 3.8) is 0 Å². The monoisotopic (exact) mass is 386 g/mol. The molecule has 0 aliphatic rings. The Kier molecular flexibility index (Phi) is 4.60. The minimum Gasteiger partial charge on any atom is -0.294 e. The van der Waals surface area contributed by atoms with Crippen LogP contribution >= 0.6 is 43.5 Å². The second kappa shape index (κ2) is 6.00. The molecule has 2 aromatic carbocycles. The molecule has 0 radical (unpaired) electrons. The van der Waals surface area contributed by atoms with Crippen LogP contribution in [0.1, 0.15) is 15.9 Å². The number of Topliss-reactive ketones (excluding diaryl/α,β-unsaturated/α-hetero) is 1. The van der Waals surface area contributed by atoms with Gasteiger partial charge in [0.25, 0.3) is 0 Å². The van der Waals surface area contributed by atoms with Crippen molar-refractivity contribution in [1.82, 2.24) is 0 Å². The Balaban J connectivity index is 2.25. The van der Waals surface area contributed by atoms with Crippen molar-refractivity contribution in [3.05, 3.63) is 67.6 Å². The van der Waals surface area contributed by atoms with Gasteiger partial charge in [0, 0.05) is 26.0 Å². The molecule has 0 fully saturated rings. The second-order valence-electron chi connectivity index (χ2n) is 3.85. The molecule has 0 N–H and O–H groups in total. The number of hydrogen-bond donors (Lipinski definition) is 0. The quantitative estimate of drug-likeness (QED) is 0.653. The number of halogens is 3. The Hall–Kier alpha value is -0.640. The Bertz CT molecular complexity index is 576. The summed E-state index contributed by atoms with van der Waals surface area (Å²) in [5.74, 6) is 0.0464. The number of carbonyl (C=O) groups is 1. The lowest BCUT2D eigenvalue weighted by Crippen LogP contribution is -2.04. The summed E-state index contributed by atoms with van der Waals surface area (Å²) < 4.78 is 1.75. The molecule has 0 amide bonds. The lowest BCUT2D eigenvalue weighted by atomic mass is 10.0. The first-order valence-corrected chi connectivity index (χ1v) is 7.25. The number of carbonyl (C=O) groups excluding carboxylic acids is 1. The molecule has 4 heteroatoms. The third kappa shape index (κ3) is 3.44. The van der Waals surface area contributed by atoms with E-state index < -0.39 is 0 Å². The zero-order valence-corrected chi connectivity index (χ0v) is 13.2. The van der Waals surface area contributed by atoms with Crippen molar-refractivity contribution in [2.45, 2.75) is 6.42 Å². The molecule has 0 aliphatic carbocycles. The van der Waals surface area contributed by atoms with Crippen LogP contribution in [0.5, 0.6) is 0 Å². The van der Waals surface area contributed by atoms with Gasteiger partial charge in [-0.15, -0.1) is 0 Å². The van der Waals surface area contributed by atoms with E-state index in [0.717, 1.165) is 14.5 Å². The van der Waals surface area contributed by atoms with Crippen molar-refractivity contribution in [1.29, 1.82) is 0 Å². The summed E-state index contributed by atoms with van der Waals surface area (Å²) in [6.45, 7) is 0. The van der Waals surface area contributed by atoms with Crippen LogP contribution in [0.2, 0.25) is 5.02 Å². The minimum atomic E-state index is 0.0464. The lowest BCUT2D eigenvalue weighted by Gasteiger charge is -2.05. The van der Waals surface area contributed by atoms with Gasteiger partial charge in [-0.1, -0.05) is 61.7 Å². The fraction of sp³-hybridized carbons (Fsp3) is 0.0714. The molecule has 2 aromatic rings. The van der Waals surface area contributed by atoms with Gasteiger partial charge < -0.3 is 0 Å². The predicted molar refractivity (Wildman–Crippen MR) is 81.3 cm³/mol. The molecule has 0 atom stereocenters. The molecule has 0 saturated heterocycles. The molecule has 92 valence electrons. The molecular weight excluding hydrogens is 379 g/mol. The lowest BCUT2D eigenvalue weighted by molar-refractivity contribution is 0.0992. The van der Waals surface area contributed by atoms with Gasteiger partial charge in [0.15, 0.2) is 5.78 Å². The van der Waals surface area contributed by atoms with Crippen molar-refractivity contribution in [3.8, 4) is 0 Å². The number of rotatable bonds is 3. The van der Waals surface area contributed by atoms with Crippen LogP contribution in [0.15, 0.2) is 51.4 Å². The van der Waals surface area contributed by atoms with Gasteiger partial charge in [-0.25, -0.2) is 0 Å². The average Bonchev–Trinajstić information content (AvgIpc) is 2.31. The number of ketones is 1. The van der Waals surface area contributed by atoms with Crippen molar-refractivity contribution in [2.75, 3.05) is 0 Å². The molecule has 0 unspecified atom stereocenters. The highest BCUT2D eigenvalue weighted by molar-refractivity contribution is 9.10. The zero-order valence-electron chi connectivity index (χ0n) is 9.29. The van der Waals surface area contributed by atoms with E-state index >= 15 is 0 Å². The zero-order chi connectivity index (χ0) is 13.1. The third-order valence-electron chi connectivity index (χ3n) is 2.49. The van der Waals surface area contributed by atoms with Gasteiger partial charge in [-0.2, -0.15) is 0 Å². The van der Waals surface area contributed by atoms with Crippen LogP contribution in [0, 0.1) is 0 Å². The molecule has 2 rings (SSSR count). The molecule has 1 nitrogen and oxygen atoms in total. The highest BCUT2D eigenvalue weighted by Gasteiger charge is 2.10. The Morgan fingerprint density at radius 1 is 1.11 bits per heavy atom. The van der Waals surface area contributed by atoms with Crippen molar-refractivity contribution >= 4 is 49.2 Å². The topological polar surface area (TPSA) is 17.1 Å². The highest BCUT2D eigenvalue weighted by atomic mass is 79.9. The maximum atomic E-state index is 12.2. The van der Waals surface area contributed by atoms with E-state index in [9.17, 15) is 4.79 Å². The third-order valence-corrected chi connectivity index (χ3v) is 3.94. The average molecular weight is 388 g/mol. The molecule has 0 spiro atoms. The van der Waals surface area contributed by atoms with E-state index in [4.69, 9.17) is 11.6 Å². The summed E-state index contributed by atoms with van der Waals surface area (Å²) in [7, 11) is 0. The number of hydrogen-bond acceptors (Lipinski definition) is 1. The van der Waals surface area contributed by atoms with E-state index in [1.165, 1.54) is 0 Å². The van der Waals surface area contributed by atoms with Crippen LogP contribution in [0.4, 0.5) is 0 Å². The largest absolute Gasteiger partial charge is 0.294 e. The molecule has 0 aliphatic heterocycles. The summed E-state index contributed by atoms with van der Waals surface area (Å²) in [6, 6.07) is 12.9. The predicted octanol–water partition coefficient (Wildman–Crippen LogP) is 5.29. The molecule has 0 heterocycles. The standard InChI is InChI=1S/C14H9Br2ClO/c15-11-5-10(6-12(17)8-11)14(18)7-9-3-1-2-4-13(9)16/h1-6,8H,7H2. The van der Waals surface area contributed by atoms with E-state index in [-0.39, 0.29) is 5.78 Å².